The van der Waals surface area contributed by atoms with Crippen LogP contribution in [-0.4, -0.2) is 29.6 Å². The van der Waals surface area contributed by atoms with Crippen molar-refractivity contribution >= 4 is 11.8 Å². The molecule has 0 rings (SSSR count). The average Bonchev–Trinajstić information content (AvgIpc) is 2.30. The number of hydrogen-bond acceptors (Lipinski definition) is 4. The van der Waals surface area contributed by atoms with Gasteiger partial charge in [-0.3, -0.25) is 4.79 Å². The van der Waals surface area contributed by atoms with Crippen molar-refractivity contribution in [2.75, 3.05) is 6.61 Å². The molecule has 0 aliphatic heterocycles. The third-order valence-corrected chi connectivity index (χ3v) is 3.44. The van der Waals surface area contributed by atoms with Gasteiger partial charge in [0.1, 0.15) is 12.4 Å². The van der Waals surface area contributed by atoms with Crippen molar-refractivity contribution in [3.63, 3.8) is 0 Å². The van der Waals surface area contributed by atoms with Gasteiger partial charge in [0.05, 0.1) is 6.10 Å². The highest BCUT2D eigenvalue weighted by Gasteiger charge is 2.35. The molecule has 0 aliphatic carbocycles. The van der Waals surface area contributed by atoms with Crippen molar-refractivity contribution in [2.24, 2.45) is 16.7 Å². The first-order valence-electron chi connectivity index (χ1n) is 7.77. The Balaban J connectivity index is 4.69. The largest absolute Gasteiger partial charge is 0.460 e. The molecule has 4 nitrogen and oxygen atoms in total. The first-order chi connectivity index (χ1) is 9.74. The summed E-state index contributed by atoms with van der Waals surface area (Å²) >= 11 is 0. The quantitative estimate of drug-likeness (QED) is 0.577. The van der Waals surface area contributed by atoms with Gasteiger partial charge in [0.2, 0.25) is 0 Å². The van der Waals surface area contributed by atoms with Crippen molar-refractivity contribution in [3.8, 4) is 0 Å². The fourth-order valence-corrected chi connectivity index (χ4v) is 2.24. The lowest BCUT2D eigenvalue weighted by Crippen LogP contribution is -2.35. The van der Waals surface area contributed by atoms with Crippen molar-refractivity contribution in [2.45, 2.75) is 67.4 Å². The van der Waals surface area contributed by atoms with Crippen LogP contribution in [0.15, 0.2) is 12.2 Å². The van der Waals surface area contributed by atoms with Crippen LogP contribution in [0.3, 0.4) is 0 Å². The summed E-state index contributed by atoms with van der Waals surface area (Å²) < 4.78 is 4.89. The number of aliphatic hydroxyl groups is 1. The molecule has 4 heteroatoms. The van der Waals surface area contributed by atoms with Crippen LogP contribution in [0, 0.1) is 16.7 Å². The Bertz CT molecular complexity index is 410. The number of ketones is 1. The Morgan fingerprint density at radius 1 is 1.14 bits per heavy atom. The average molecular weight is 312 g/mol. The molecule has 2 unspecified atom stereocenters. The number of ether oxygens (including phenoxy) is 1. The molecule has 0 aromatic rings. The van der Waals surface area contributed by atoms with E-state index in [2.05, 4.69) is 27.4 Å². The fourth-order valence-electron chi connectivity index (χ4n) is 2.24. The third kappa shape index (κ3) is 8.32. The molecule has 2 atom stereocenters. The number of esters is 1. The summed E-state index contributed by atoms with van der Waals surface area (Å²) in [6.07, 6.45) is -0.213. The second-order valence-electron chi connectivity index (χ2n) is 8.39. The van der Waals surface area contributed by atoms with E-state index < -0.39 is 12.1 Å². The highest BCUT2D eigenvalue weighted by molar-refractivity contribution is 5.87. The van der Waals surface area contributed by atoms with Crippen molar-refractivity contribution in [1.82, 2.24) is 0 Å². The maximum Gasteiger partial charge on any atom is 0.333 e. The third-order valence-electron chi connectivity index (χ3n) is 3.44. The number of aliphatic hydroxyl groups excluding tert-OH is 1. The zero-order chi connectivity index (χ0) is 17.7. The first kappa shape index (κ1) is 20.8. The maximum absolute atomic E-state index is 12.5. The predicted molar refractivity (Wildman–Crippen MR) is 88.4 cm³/mol. The van der Waals surface area contributed by atoms with E-state index in [-0.39, 0.29) is 41.1 Å². The lowest BCUT2D eigenvalue weighted by molar-refractivity contribution is -0.144. The molecule has 0 aromatic carbocycles. The van der Waals surface area contributed by atoms with Gasteiger partial charge < -0.3 is 9.84 Å². The van der Waals surface area contributed by atoms with Crippen molar-refractivity contribution < 1.29 is 19.4 Å². The summed E-state index contributed by atoms with van der Waals surface area (Å²) in [5.74, 6) is -0.672. The van der Waals surface area contributed by atoms with Gasteiger partial charge in [-0.05, 0) is 24.2 Å². The van der Waals surface area contributed by atoms with Crippen LogP contribution >= 0.6 is 0 Å². The van der Waals surface area contributed by atoms with E-state index in [1.165, 1.54) is 0 Å². The van der Waals surface area contributed by atoms with Gasteiger partial charge >= 0.3 is 5.97 Å². The molecule has 22 heavy (non-hydrogen) atoms. The predicted octanol–water partition coefficient (Wildman–Crippen LogP) is 3.52. The highest BCUT2D eigenvalue weighted by Crippen LogP contribution is 2.37. The number of rotatable bonds is 7. The second kappa shape index (κ2) is 7.91. The summed E-state index contributed by atoms with van der Waals surface area (Å²) in [6.45, 7) is 17.2. The lowest BCUT2D eigenvalue weighted by atomic mass is 9.69. The van der Waals surface area contributed by atoms with Gasteiger partial charge in [-0.1, -0.05) is 48.1 Å². The monoisotopic (exact) mass is 312 g/mol. The van der Waals surface area contributed by atoms with E-state index in [9.17, 15) is 14.7 Å². The summed E-state index contributed by atoms with van der Waals surface area (Å²) in [6, 6.07) is 0. The lowest BCUT2D eigenvalue weighted by Gasteiger charge is -2.35. The molecule has 0 heterocycles. The van der Waals surface area contributed by atoms with Gasteiger partial charge in [-0.25, -0.2) is 4.79 Å². The van der Waals surface area contributed by atoms with E-state index in [0.717, 1.165) is 6.42 Å². The Hall–Kier alpha value is -1.16. The number of Topliss-reactive ketones (excluding diaryl/α,β-unsaturated/α-hetero) is 1. The number of hydrogen-bond donors (Lipinski definition) is 1. The van der Waals surface area contributed by atoms with Gasteiger partial charge in [0.25, 0.3) is 0 Å². The minimum atomic E-state index is -0.972. The molecular formula is C18H32O4. The van der Waals surface area contributed by atoms with Gasteiger partial charge in [-0.2, -0.15) is 0 Å². The van der Waals surface area contributed by atoms with Crippen LogP contribution in [0.5, 0.6) is 0 Å². The molecular weight excluding hydrogens is 280 g/mol. The molecule has 128 valence electrons. The van der Waals surface area contributed by atoms with Crippen LogP contribution in [0.25, 0.3) is 0 Å². The summed E-state index contributed by atoms with van der Waals surface area (Å²) in [4.78, 5) is 23.8. The minimum Gasteiger partial charge on any atom is -0.460 e. The van der Waals surface area contributed by atoms with Gasteiger partial charge in [0, 0.05) is 17.9 Å². The molecule has 0 fully saturated rings. The van der Waals surface area contributed by atoms with Crippen LogP contribution in [-0.2, 0) is 14.3 Å². The summed E-state index contributed by atoms with van der Waals surface area (Å²) in [5, 5.41) is 9.94. The SMILES string of the molecule is C=C(C)C(=O)OCC(O)CC(=O)C(CC(C)(C)C)C(C)(C)C. The molecule has 0 amide bonds. The molecule has 0 radical (unpaired) electrons. The maximum atomic E-state index is 12.5. The van der Waals surface area contributed by atoms with E-state index in [4.69, 9.17) is 4.74 Å². The Kier molecular flexibility index (Phi) is 7.49. The Morgan fingerprint density at radius 3 is 2.00 bits per heavy atom. The van der Waals surface area contributed by atoms with Gasteiger partial charge in [0.15, 0.2) is 0 Å². The summed E-state index contributed by atoms with van der Waals surface area (Å²) in [5.41, 5.74) is 0.141. The molecule has 0 aliphatic rings. The van der Waals surface area contributed by atoms with Crippen molar-refractivity contribution in [3.05, 3.63) is 12.2 Å². The van der Waals surface area contributed by atoms with Crippen LogP contribution in [0.1, 0.15) is 61.3 Å². The minimum absolute atomic E-state index is 0.00148. The molecule has 0 aromatic heterocycles. The molecule has 0 bridgehead atoms. The molecule has 1 N–H and O–H groups in total. The first-order valence-corrected chi connectivity index (χ1v) is 7.77. The highest BCUT2D eigenvalue weighted by atomic mass is 16.5. The second-order valence-corrected chi connectivity index (χ2v) is 8.39. The van der Waals surface area contributed by atoms with Crippen molar-refractivity contribution in [1.29, 1.82) is 0 Å². The normalized spacial score (nSPS) is 15.1. The molecule has 0 spiro atoms. The Labute approximate surface area is 134 Å². The molecule has 0 saturated carbocycles. The van der Waals surface area contributed by atoms with Crippen LogP contribution in [0.4, 0.5) is 0 Å². The van der Waals surface area contributed by atoms with Crippen LogP contribution in [0.2, 0.25) is 0 Å². The smallest absolute Gasteiger partial charge is 0.333 e. The van der Waals surface area contributed by atoms with E-state index in [1.54, 1.807) is 6.92 Å². The Morgan fingerprint density at radius 2 is 1.64 bits per heavy atom. The number of carbonyl (C=O) groups excluding carboxylic acids is 2. The standard InChI is InChI=1S/C18H32O4/c1-12(2)16(21)22-11-13(19)9-15(20)14(18(6,7)8)10-17(3,4)5/h13-14,19H,1,9-11H2,2-8H3. The zero-order valence-corrected chi connectivity index (χ0v) is 15.2. The summed E-state index contributed by atoms with van der Waals surface area (Å²) in [7, 11) is 0. The van der Waals surface area contributed by atoms with E-state index >= 15 is 0 Å². The number of carbonyl (C=O) groups is 2. The van der Waals surface area contributed by atoms with Crippen LogP contribution < -0.4 is 0 Å². The fraction of sp³-hybridized carbons (Fsp3) is 0.778. The van der Waals surface area contributed by atoms with Gasteiger partial charge in [-0.15, -0.1) is 0 Å². The topological polar surface area (TPSA) is 63.6 Å². The van der Waals surface area contributed by atoms with E-state index in [0.29, 0.717) is 0 Å². The zero-order valence-electron chi connectivity index (χ0n) is 15.2. The van der Waals surface area contributed by atoms with E-state index in [1.807, 2.05) is 20.8 Å². The molecule has 0 saturated heterocycles.